The summed E-state index contributed by atoms with van der Waals surface area (Å²) in [5.74, 6) is 0.913. The molecule has 0 aromatic carbocycles. The van der Waals surface area contributed by atoms with E-state index < -0.39 is 0 Å². The minimum atomic E-state index is 0.0843. The highest BCUT2D eigenvalue weighted by Gasteiger charge is 2.07. The van der Waals surface area contributed by atoms with Gasteiger partial charge in [-0.2, -0.15) is 0 Å². The predicted molar refractivity (Wildman–Crippen MR) is 89.9 cm³/mol. The fraction of sp³-hybridized carbons (Fsp3) is 0.600. The van der Waals surface area contributed by atoms with Gasteiger partial charge < -0.3 is 15.5 Å². The van der Waals surface area contributed by atoms with Crippen LogP contribution in [0.4, 0.5) is 0 Å². The number of nitrogens with zero attached hydrogens (tertiary/aromatic N) is 2. The van der Waals surface area contributed by atoms with Crippen molar-refractivity contribution in [2.75, 3.05) is 33.7 Å². The number of thiophene rings is 1. The third-order valence-corrected chi connectivity index (χ3v) is 3.99. The molecule has 0 fully saturated rings. The van der Waals surface area contributed by atoms with E-state index >= 15 is 0 Å². The molecule has 0 unspecified atom stereocenters. The van der Waals surface area contributed by atoms with Gasteiger partial charge in [0.2, 0.25) is 5.91 Å². The summed E-state index contributed by atoms with van der Waals surface area (Å²) < 4.78 is 0. The van der Waals surface area contributed by atoms with Gasteiger partial charge in [0, 0.05) is 45.0 Å². The first-order valence-corrected chi connectivity index (χ1v) is 8.26. The van der Waals surface area contributed by atoms with E-state index in [1.807, 2.05) is 14.0 Å². The smallest absolute Gasteiger partial charge is 0.221 e. The summed E-state index contributed by atoms with van der Waals surface area (Å²) in [5.41, 5.74) is 0. The van der Waals surface area contributed by atoms with Crippen LogP contribution < -0.4 is 10.6 Å². The first-order valence-electron chi connectivity index (χ1n) is 7.38. The second kappa shape index (κ2) is 10.2. The average molecular weight is 310 g/mol. The zero-order chi connectivity index (χ0) is 15.5. The highest BCUT2D eigenvalue weighted by atomic mass is 32.1. The molecule has 1 aromatic rings. The molecule has 1 rings (SSSR count). The third-order valence-electron chi connectivity index (χ3n) is 3.05. The number of hydrogen-bond donors (Lipinski definition) is 2. The van der Waals surface area contributed by atoms with Gasteiger partial charge in [-0.3, -0.25) is 9.79 Å². The molecule has 1 aromatic heterocycles. The number of amides is 1. The number of aliphatic imine (C=N–C) groups is 1. The second-order valence-electron chi connectivity index (χ2n) is 4.82. The number of hydrogen-bond acceptors (Lipinski definition) is 3. The van der Waals surface area contributed by atoms with E-state index in [4.69, 9.17) is 0 Å². The van der Waals surface area contributed by atoms with E-state index in [9.17, 15) is 4.79 Å². The van der Waals surface area contributed by atoms with Crippen molar-refractivity contribution in [3.8, 4) is 0 Å². The zero-order valence-electron chi connectivity index (χ0n) is 13.2. The normalized spacial score (nSPS) is 11.3. The van der Waals surface area contributed by atoms with E-state index in [1.54, 1.807) is 18.4 Å². The number of guanidine groups is 1. The van der Waals surface area contributed by atoms with Crippen LogP contribution in [0.2, 0.25) is 0 Å². The Morgan fingerprint density at radius 2 is 2.19 bits per heavy atom. The van der Waals surface area contributed by atoms with Gasteiger partial charge in [-0.15, -0.1) is 11.3 Å². The molecule has 0 saturated heterocycles. The van der Waals surface area contributed by atoms with Crippen LogP contribution in [0.3, 0.4) is 0 Å². The molecule has 0 bridgehead atoms. The standard InChI is InChI=1S/C15H26N4OS/c1-4-9-17-14(20)7-10-18-15(16-2)19(3)11-8-13-6-5-12-21-13/h5-6,12H,4,7-11H2,1-3H3,(H,16,18)(H,17,20). The van der Waals surface area contributed by atoms with Crippen molar-refractivity contribution in [1.29, 1.82) is 0 Å². The molecule has 5 nitrogen and oxygen atoms in total. The predicted octanol–water partition coefficient (Wildman–Crippen LogP) is 1.71. The van der Waals surface area contributed by atoms with Crippen molar-refractivity contribution in [2.45, 2.75) is 26.2 Å². The first kappa shape index (κ1) is 17.5. The summed E-state index contributed by atoms with van der Waals surface area (Å²) in [6, 6.07) is 4.22. The minimum absolute atomic E-state index is 0.0843. The molecular formula is C15H26N4OS. The topological polar surface area (TPSA) is 56.7 Å². The minimum Gasteiger partial charge on any atom is -0.356 e. The van der Waals surface area contributed by atoms with Gasteiger partial charge >= 0.3 is 0 Å². The van der Waals surface area contributed by atoms with Crippen LogP contribution in [-0.2, 0) is 11.2 Å². The lowest BCUT2D eigenvalue weighted by molar-refractivity contribution is -0.120. The fourth-order valence-corrected chi connectivity index (χ4v) is 2.56. The number of likely N-dealkylation sites (N-methyl/N-ethyl adjacent to an activating group) is 1. The van der Waals surface area contributed by atoms with Crippen molar-refractivity contribution in [3.63, 3.8) is 0 Å². The van der Waals surface area contributed by atoms with E-state index in [2.05, 4.69) is 38.0 Å². The SMILES string of the molecule is CCCNC(=O)CCNC(=NC)N(C)CCc1cccs1. The van der Waals surface area contributed by atoms with Crippen molar-refractivity contribution < 1.29 is 4.79 Å². The molecule has 118 valence electrons. The van der Waals surface area contributed by atoms with Crippen LogP contribution in [0, 0.1) is 0 Å². The van der Waals surface area contributed by atoms with Gasteiger partial charge in [0.05, 0.1) is 0 Å². The number of carbonyl (C=O) groups is 1. The number of rotatable bonds is 8. The van der Waals surface area contributed by atoms with Crippen molar-refractivity contribution in [1.82, 2.24) is 15.5 Å². The summed E-state index contributed by atoms with van der Waals surface area (Å²) in [6.07, 6.45) is 2.44. The molecule has 0 saturated carbocycles. The van der Waals surface area contributed by atoms with Crippen LogP contribution in [0.1, 0.15) is 24.6 Å². The lowest BCUT2D eigenvalue weighted by Gasteiger charge is -2.21. The molecule has 1 heterocycles. The van der Waals surface area contributed by atoms with Crippen molar-refractivity contribution >= 4 is 23.2 Å². The Labute approximate surface area is 131 Å². The Balaban J connectivity index is 2.25. The summed E-state index contributed by atoms with van der Waals surface area (Å²) in [4.78, 5) is 19.2. The zero-order valence-corrected chi connectivity index (χ0v) is 14.0. The molecule has 0 aliphatic carbocycles. The number of nitrogens with one attached hydrogen (secondary N) is 2. The highest BCUT2D eigenvalue weighted by molar-refractivity contribution is 7.09. The molecule has 6 heteroatoms. The van der Waals surface area contributed by atoms with Gasteiger partial charge in [-0.05, 0) is 24.3 Å². The van der Waals surface area contributed by atoms with Crippen LogP contribution in [0.25, 0.3) is 0 Å². The Bertz CT molecular complexity index is 431. The number of carbonyl (C=O) groups excluding carboxylic acids is 1. The van der Waals surface area contributed by atoms with E-state index in [-0.39, 0.29) is 5.91 Å². The first-order chi connectivity index (χ1) is 10.2. The Morgan fingerprint density at radius 3 is 2.81 bits per heavy atom. The van der Waals surface area contributed by atoms with Gasteiger partial charge in [0.25, 0.3) is 0 Å². The maximum absolute atomic E-state index is 11.5. The summed E-state index contributed by atoms with van der Waals surface area (Å²) >= 11 is 1.77. The molecular weight excluding hydrogens is 284 g/mol. The second-order valence-corrected chi connectivity index (χ2v) is 5.86. The molecule has 0 aliphatic rings. The molecule has 0 atom stereocenters. The Hall–Kier alpha value is -1.56. The Kier molecular flexibility index (Phi) is 8.50. The van der Waals surface area contributed by atoms with Crippen LogP contribution >= 0.6 is 11.3 Å². The van der Waals surface area contributed by atoms with Gasteiger partial charge in [-0.25, -0.2) is 0 Å². The van der Waals surface area contributed by atoms with E-state index in [1.165, 1.54) is 4.88 Å². The summed E-state index contributed by atoms with van der Waals surface area (Å²) in [7, 11) is 3.78. The molecule has 0 radical (unpaired) electrons. The average Bonchev–Trinajstić information content (AvgIpc) is 3.00. The molecule has 21 heavy (non-hydrogen) atoms. The van der Waals surface area contributed by atoms with Crippen LogP contribution in [-0.4, -0.2) is 50.5 Å². The van der Waals surface area contributed by atoms with E-state index in [0.717, 1.165) is 31.9 Å². The maximum Gasteiger partial charge on any atom is 0.221 e. The summed E-state index contributed by atoms with van der Waals surface area (Å²) in [6.45, 7) is 4.30. The van der Waals surface area contributed by atoms with E-state index in [0.29, 0.717) is 13.0 Å². The largest absolute Gasteiger partial charge is 0.356 e. The monoisotopic (exact) mass is 310 g/mol. The highest BCUT2D eigenvalue weighted by Crippen LogP contribution is 2.09. The third kappa shape index (κ3) is 7.13. The quantitative estimate of drug-likeness (QED) is 0.568. The van der Waals surface area contributed by atoms with Gasteiger partial charge in [-0.1, -0.05) is 13.0 Å². The lowest BCUT2D eigenvalue weighted by Crippen LogP contribution is -2.41. The van der Waals surface area contributed by atoms with Gasteiger partial charge in [0.1, 0.15) is 0 Å². The molecule has 1 amide bonds. The van der Waals surface area contributed by atoms with Gasteiger partial charge in [0.15, 0.2) is 5.96 Å². The molecule has 0 aliphatic heterocycles. The molecule has 0 spiro atoms. The van der Waals surface area contributed by atoms with Crippen molar-refractivity contribution in [2.24, 2.45) is 4.99 Å². The maximum atomic E-state index is 11.5. The fourth-order valence-electron chi connectivity index (χ4n) is 1.86. The summed E-state index contributed by atoms with van der Waals surface area (Å²) in [5, 5.41) is 8.19. The lowest BCUT2D eigenvalue weighted by atomic mass is 10.3. The molecule has 2 N–H and O–H groups in total. The van der Waals surface area contributed by atoms with Crippen molar-refractivity contribution in [3.05, 3.63) is 22.4 Å². The van der Waals surface area contributed by atoms with Crippen LogP contribution in [0.15, 0.2) is 22.5 Å². The van der Waals surface area contributed by atoms with Crippen LogP contribution in [0.5, 0.6) is 0 Å². The Morgan fingerprint density at radius 1 is 1.38 bits per heavy atom.